The van der Waals surface area contributed by atoms with Crippen molar-refractivity contribution in [2.75, 3.05) is 25.1 Å². The summed E-state index contributed by atoms with van der Waals surface area (Å²) in [6, 6.07) is 0.257. The molecular formula is C17H22FN5O3. The summed E-state index contributed by atoms with van der Waals surface area (Å²) in [5.41, 5.74) is 0.718. The minimum atomic E-state index is -0.589. The molecule has 2 aromatic heterocycles. The van der Waals surface area contributed by atoms with Crippen LogP contribution in [0.3, 0.4) is 0 Å². The summed E-state index contributed by atoms with van der Waals surface area (Å²) in [6.07, 6.45) is 7.68. The number of aliphatic hydroxyl groups excluding tert-OH is 1. The Kier molecular flexibility index (Phi) is 4.98. The largest absolute Gasteiger partial charge is 0.475 e. The van der Waals surface area contributed by atoms with Crippen LogP contribution in [-0.2, 0) is 4.74 Å². The van der Waals surface area contributed by atoms with Gasteiger partial charge in [0, 0.05) is 6.20 Å². The Morgan fingerprint density at radius 3 is 2.81 bits per heavy atom. The van der Waals surface area contributed by atoms with Crippen molar-refractivity contribution in [2.24, 2.45) is 5.92 Å². The number of hydrogen-bond donors (Lipinski definition) is 2. The zero-order valence-electron chi connectivity index (χ0n) is 14.3. The summed E-state index contributed by atoms with van der Waals surface area (Å²) in [5, 5.41) is 16.8. The van der Waals surface area contributed by atoms with Crippen molar-refractivity contribution in [3.05, 3.63) is 24.4 Å². The molecule has 4 rings (SSSR count). The molecule has 1 saturated heterocycles. The first-order valence-corrected chi connectivity index (χ1v) is 8.89. The van der Waals surface area contributed by atoms with E-state index >= 15 is 0 Å². The third-order valence-corrected chi connectivity index (χ3v) is 4.84. The van der Waals surface area contributed by atoms with E-state index in [4.69, 9.17) is 9.47 Å². The first-order valence-electron chi connectivity index (χ1n) is 8.89. The Hall–Kier alpha value is -2.26. The van der Waals surface area contributed by atoms with Crippen LogP contribution < -0.4 is 10.1 Å². The highest BCUT2D eigenvalue weighted by atomic mass is 19.1. The molecule has 3 heterocycles. The average molecular weight is 363 g/mol. The molecule has 0 unspecified atom stereocenters. The number of nitrogens with zero attached hydrogens (tertiary/aromatic N) is 4. The van der Waals surface area contributed by atoms with E-state index in [1.54, 1.807) is 6.20 Å². The molecule has 0 radical (unpaired) electrons. The second kappa shape index (κ2) is 7.55. The lowest BCUT2D eigenvalue weighted by molar-refractivity contribution is -0.0286. The van der Waals surface area contributed by atoms with Gasteiger partial charge in [0.1, 0.15) is 0 Å². The number of aliphatic hydroxyl groups is 1. The number of aromatic nitrogens is 4. The van der Waals surface area contributed by atoms with Gasteiger partial charge in [-0.05, 0) is 31.6 Å². The molecule has 140 valence electrons. The minimum Gasteiger partial charge on any atom is -0.475 e. The molecule has 1 aliphatic carbocycles. The van der Waals surface area contributed by atoms with Crippen LogP contribution in [0, 0.1) is 11.7 Å². The number of ether oxygens (including phenoxy) is 2. The second-order valence-corrected chi connectivity index (χ2v) is 6.86. The molecule has 0 bridgehead atoms. The molecule has 2 N–H and O–H groups in total. The smallest absolute Gasteiger partial charge is 0.255 e. The molecule has 2 aliphatic rings. The zero-order chi connectivity index (χ0) is 17.9. The Morgan fingerprint density at radius 1 is 1.27 bits per heavy atom. The predicted octanol–water partition coefficient (Wildman–Crippen LogP) is 2.06. The Balaban J connectivity index is 1.36. The molecule has 26 heavy (non-hydrogen) atoms. The molecule has 8 nitrogen and oxygen atoms in total. The van der Waals surface area contributed by atoms with Crippen molar-refractivity contribution >= 4 is 11.6 Å². The summed E-state index contributed by atoms with van der Waals surface area (Å²) < 4.78 is 26.5. The van der Waals surface area contributed by atoms with E-state index in [9.17, 15) is 9.50 Å². The van der Waals surface area contributed by atoms with E-state index in [0.29, 0.717) is 25.7 Å². The van der Waals surface area contributed by atoms with Gasteiger partial charge in [-0.15, -0.1) is 0 Å². The maximum Gasteiger partial charge on any atom is 0.255 e. The summed E-state index contributed by atoms with van der Waals surface area (Å²) in [4.78, 5) is 8.08. The van der Waals surface area contributed by atoms with E-state index < -0.39 is 5.82 Å². The SMILES string of the molecule is O[C@H]1CC[C@H](COc2nc(Nc3cnn(C4COC4)c3)ncc2F)CC1. The van der Waals surface area contributed by atoms with Crippen LogP contribution in [0.2, 0.25) is 0 Å². The monoisotopic (exact) mass is 363 g/mol. The highest BCUT2D eigenvalue weighted by Crippen LogP contribution is 2.26. The lowest BCUT2D eigenvalue weighted by Gasteiger charge is -2.25. The quantitative estimate of drug-likeness (QED) is 0.811. The fraction of sp³-hybridized carbons (Fsp3) is 0.588. The molecule has 2 fully saturated rings. The molecule has 0 atom stereocenters. The molecule has 0 spiro atoms. The van der Waals surface area contributed by atoms with Gasteiger partial charge in [0.05, 0.1) is 50.0 Å². The van der Waals surface area contributed by atoms with Crippen LogP contribution in [-0.4, -0.2) is 50.8 Å². The third-order valence-electron chi connectivity index (χ3n) is 4.84. The minimum absolute atomic E-state index is 0.0617. The molecule has 9 heteroatoms. The van der Waals surface area contributed by atoms with Crippen LogP contribution in [0.5, 0.6) is 5.88 Å². The van der Waals surface area contributed by atoms with Gasteiger partial charge < -0.3 is 19.9 Å². The fourth-order valence-electron chi connectivity index (χ4n) is 3.13. The van der Waals surface area contributed by atoms with E-state index in [2.05, 4.69) is 20.4 Å². The molecule has 0 amide bonds. The van der Waals surface area contributed by atoms with Gasteiger partial charge in [-0.1, -0.05) is 0 Å². The van der Waals surface area contributed by atoms with Crippen LogP contribution in [0.25, 0.3) is 0 Å². The van der Waals surface area contributed by atoms with E-state index in [1.165, 1.54) is 0 Å². The number of nitrogens with one attached hydrogen (secondary N) is 1. The molecule has 0 aromatic carbocycles. The van der Waals surface area contributed by atoms with Gasteiger partial charge in [0.25, 0.3) is 5.88 Å². The van der Waals surface area contributed by atoms with Crippen molar-refractivity contribution in [1.29, 1.82) is 0 Å². The van der Waals surface area contributed by atoms with Crippen LogP contribution in [0.1, 0.15) is 31.7 Å². The van der Waals surface area contributed by atoms with Gasteiger partial charge in [-0.25, -0.2) is 4.98 Å². The lowest BCUT2D eigenvalue weighted by Crippen LogP contribution is -2.30. The molecule has 1 saturated carbocycles. The summed E-state index contributed by atoms with van der Waals surface area (Å²) >= 11 is 0. The maximum atomic E-state index is 13.9. The molecule has 1 aliphatic heterocycles. The van der Waals surface area contributed by atoms with Gasteiger partial charge in [-0.3, -0.25) is 4.68 Å². The normalized spacial score (nSPS) is 23.5. The van der Waals surface area contributed by atoms with Gasteiger partial charge in [0.2, 0.25) is 11.8 Å². The number of anilines is 2. The molecular weight excluding hydrogens is 341 g/mol. The fourth-order valence-corrected chi connectivity index (χ4v) is 3.13. The highest BCUT2D eigenvalue weighted by Gasteiger charge is 2.22. The Morgan fingerprint density at radius 2 is 2.08 bits per heavy atom. The lowest BCUT2D eigenvalue weighted by atomic mass is 9.88. The van der Waals surface area contributed by atoms with E-state index in [-0.39, 0.29) is 24.0 Å². The van der Waals surface area contributed by atoms with Crippen molar-refractivity contribution in [2.45, 2.75) is 37.8 Å². The Bertz CT molecular complexity index is 744. The van der Waals surface area contributed by atoms with Crippen LogP contribution in [0.15, 0.2) is 18.6 Å². The van der Waals surface area contributed by atoms with Crippen LogP contribution in [0.4, 0.5) is 16.0 Å². The summed E-state index contributed by atoms with van der Waals surface area (Å²) in [5.74, 6) is -0.0842. The summed E-state index contributed by atoms with van der Waals surface area (Å²) in [7, 11) is 0. The maximum absolute atomic E-state index is 13.9. The zero-order valence-corrected chi connectivity index (χ0v) is 14.3. The first-order chi connectivity index (χ1) is 12.7. The number of rotatable bonds is 6. The number of hydrogen-bond acceptors (Lipinski definition) is 7. The molecule has 2 aromatic rings. The van der Waals surface area contributed by atoms with Gasteiger partial charge in [0.15, 0.2) is 0 Å². The van der Waals surface area contributed by atoms with Gasteiger partial charge >= 0.3 is 0 Å². The highest BCUT2D eigenvalue weighted by molar-refractivity contribution is 5.50. The van der Waals surface area contributed by atoms with Crippen molar-refractivity contribution < 1.29 is 19.0 Å². The number of halogens is 1. The average Bonchev–Trinajstić information content (AvgIpc) is 3.03. The second-order valence-electron chi connectivity index (χ2n) is 6.86. The van der Waals surface area contributed by atoms with Crippen LogP contribution >= 0.6 is 0 Å². The van der Waals surface area contributed by atoms with E-state index in [0.717, 1.165) is 37.6 Å². The third kappa shape index (κ3) is 3.94. The van der Waals surface area contributed by atoms with Crippen molar-refractivity contribution in [1.82, 2.24) is 19.7 Å². The van der Waals surface area contributed by atoms with Crippen molar-refractivity contribution in [3.63, 3.8) is 0 Å². The standard InChI is InChI=1S/C17H22FN5O3/c18-15-6-19-17(21-12-5-20-23(7-12)13-9-25-10-13)22-16(15)26-8-11-1-3-14(24)4-2-11/h5-7,11,13-14,24H,1-4,8-10H2,(H,19,21,22)/t11-,14-. The first kappa shape index (κ1) is 17.2. The topological polar surface area (TPSA) is 94.3 Å². The van der Waals surface area contributed by atoms with Crippen molar-refractivity contribution in [3.8, 4) is 5.88 Å². The van der Waals surface area contributed by atoms with E-state index in [1.807, 2.05) is 10.9 Å². The summed E-state index contributed by atoms with van der Waals surface area (Å²) in [6.45, 7) is 1.70. The predicted molar refractivity (Wildman–Crippen MR) is 90.8 cm³/mol. The Labute approximate surface area is 150 Å². The van der Waals surface area contributed by atoms with Gasteiger partial charge in [-0.2, -0.15) is 14.5 Å².